The van der Waals surface area contributed by atoms with Crippen LogP contribution in [0.1, 0.15) is 35.7 Å². The van der Waals surface area contributed by atoms with Crippen LogP contribution in [0.15, 0.2) is 24.3 Å². The van der Waals surface area contributed by atoms with Crippen molar-refractivity contribution in [2.45, 2.75) is 32.8 Å². The third kappa shape index (κ3) is 3.64. The van der Waals surface area contributed by atoms with E-state index in [0.717, 1.165) is 37.2 Å². The lowest BCUT2D eigenvalue weighted by Crippen LogP contribution is -2.26. The molecule has 104 valence electrons. The summed E-state index contributed by atoms with van der Waals surface area (Å²) in [6.07, 6.45) is 1.37. The van der Waals surface area contributed by atoms with Gasteiger partial charge < -0.3 is 10.0 Å². The van der Waals surface area contributed by atoms with E-state index < -0.39 is 0 Å². The molecule has 0 amide bonds. The third-order valence-corrected chi connectivity index (χ3v) is 4.09. The van der Waals surface area contributed by atoms with Gasteiger partial charge in [-0.2, -0.15) is 0 Å². The third-order valence-electron chi connectivity index (χ3n) is 4.09. The molecule has 0 aromatic heterocycles. The first-order chi connectivity index (χ1) is 9.08. The minimum atomic E-state index is -0.239. The van der Waals surface area contributed by atoms with Crippen molar-refractivity contribution < 1.29 is 9.90 Å². The molecule has 0 radical (unpaired) electrons. The lowest BCUT2D eigenvalue weighted by molar-refractivity contribution is 0.0963. The number of hydrogen-bond acceptors (Lipinski definition) is 3. The van der Waals surface area contributed by atoms with Crippen molar-refractivity contribution >= 4 is 5.78 Å². The fourth-order valence-corrected chi connectivity index (χ4v) is 2.74. The average Bonchev–Trinajstić information content (AvgIpc) is 2.85. The van der Waals surface area contributed by atoms with Gasteiger partial charge in [-0.3, -0.25) is 4.79 Å². The zero-order chi connectivity index (χ0) is 13.8. The standard InChI is InChI=1S/C16H23NO2/c1-12-5-3-4-6-15(12)16(19)8-10-17-9-7-14(11-17)13(2)18/h3-6,13-14,18H,7-11H2,1-2H3. The van der Waals surface area contributed by atoms with Crippen LogP contribution in [0.5, 0.6) is 0 Å². The highest BCUT2D eigenvalue weighted by atomic mass is 16.3. The van der Waals surface area contributed by atoms with E-state index in [0.29, 0.717) is 12.3 Å². The van der Waals surface area contributed by atoms with Gasteiger partial charge >= 0.3 is 0 Å². The van der Waals surface area contributed by atoms with E-state index in [4.69, 9.17) is 0 Å². The van der Waals surface area contributed by atoms with Gasteiger partial charge in [0, 0.05) is 25.1 Å². The lowest BCUT2D eigenvalue weighted by atomic mass is 10.0. The maximum atomic E-state index is 12.2. The number of likely N-dealkylation sites (tertiary alicyclic amines) is 1. The van der Waals surface area contributed by atoms with Gasteiger partial charge in [0.25, 0.3) is 0 Å². The number of ketones is 1. The van der Waals surface area contributed by atoms with Gasteiger partial charge in [0.05, 0.1) is 6.10 Å². The number of nitrogens with zero attached hydrogens (tertiary/aromatic N) is 1. The zero-order valence-corrected chi connectivity index (χ0v) is 11.8. The molecule has 2 rings (SSSR count). The molecule has 3 heteroatoms. The Labute approximate surface area is 115 Å². The van der Waals surface area contributed by atoms with E-state index >= 15 is 0 Å². The van der Waals surface area contributed by atoms with Crippen LogP contribution in [0, 0.1) is 12.8 Å². The van der Waals surface area contributed by atoms with Crippen LogP contribution >= 0.6 is 0 Å². The monoisotopic (exact) mass is 261 g/mol. The number of Topliss-reactive ketones (excluding diaryl/α,β-unsaturated/α-hetero) is 1. The second-order valence-electron chi connectivity index (χ2n) is 5.58. The molecule has 1 aromatic carbocycles. The van der Waals surface area contributed by atoms with E-state index in [1.54, 1.807) is 0 Å². The van der Waals surface area contributed by atoms with Gasteiger partial charge in [-0.15, -0.1) is 0 Å². The summed E-state index contributed by atoms with van der Waals surface area (Å²) in [5, 5.41) is 9.57. The first-order valence-electron chi connectivity index (χ1n) is 7.07. The highest BCUT2D eigenvalue weighted by molar-refractivity contribution is 5.97. The van der Waals surface area contributed by atoms with Crippen LogP contribution in [0.4, 0.5) is 0 Å². The summed E-state index contributed by atoms with van der Waals surface area (Å²) in [7, 11) is 0. The summed E-state index contributed by atoms with van der Waals surface area (Å²) in [5.41, 5.74) is 1.89. The number of benzene rings is 1. The molecule has 1 aliphatic rings. The average molecular weight is 261 g/mol. The summed E-state index contributed by atoms with van der Waals surface area (Å²) in [6, 6.07) is 7.76. The molecule has 19 heavy (non-hydrogen) atoms. The second-order valence-corrected chi connectivity index (χ2v) is 5.58. The topological polar surface area (TPSA) is 40.5 Å². The molecule has 0 spiro atoms. The SMILES string of the molecule is Cc1ccccc1C(=O)CCN1CCC(C(C)O)C1. The van der Waals surface area contributed by atoms with Gasteiger partial charge in [0.1, 0.15) is 0 Å². The van der Waals surface area contributed by atoms with E-state index in [1.165, 1.54) is 0 Å². The van der Waals surface area contributed by atoms with Gasteiger partial charge in [0.15, 0.2) is 5.78 Å². The van der Waals surface area contributed by atoms with Crippen LogP contribution in [0.25, 0.3) is 0 Å². The number of carbonyl (C=O) groups excluding carboxylic acids is 1. The Balaban J connectivity index is 1.84. The van der Waals surface area contributed by atoms with Crippen molar-refractivity contribution in [3.05, 3.63) is 35.4 Å². The quantitative estimate of drug-likeness (QED) is 0.827. The minimum Gasteiger partial charge on any atom is -0.393 e. The van der Waals surface area contributed by atoms with Crippen molar-refractivity contribution in [1.29, 1.82) is 0 Å². The van der Waals surface area contributed by atoms with Crippen molar-refractivity contribution in [3.8, 4) is 0 Å². The molecule has 0 bridgehead atoms. The number of carbonyl (C=O) groups is 1. The predicted molar refractivity (Wildman–Crippen MR) is 76.4 cm³/mol. The Morgan fingerprint density at radius 2 is 2.21 bits per heavy atom. The number of rotatable bonds is 5. The summed E-state index contributed by atoms with van der Waals surface area (Å²) in [4.78, 5) is 14.4. The molecule has 3 nitrogen and oxygen atoms in total. The van der Waals surface area contributed by atoms with Crippen molar-refractivity contribution in [1.82, 2.24) is 4.90 Å². The number of hydrogen-bond donors (Lipinski definition) is 1. The molecule has 0 saturated carbocycles. The number of aliphatic hydroxyl groups is 1. The Hall–Kier alpha value is -1.19. The number of aliphatic hydroxyl groups excluding tert-OH is 1. The normalized spacial score (nSPS) is 21.5. The Bertz CT molecular complexity index is 442. The highest BCUT2D eigenvalue weighted by Gasteiger charge is 2.26. The van der Waals surface area contributed by atoms with E-state index in [-0.39, 0.29) is 11.9 Å². The van der Waals surface area contributed by atoms with E-state index in [1.807, 2.05) is 38.1 Å². The van der Waals surface area contributed by atoms with E-state index in [2.05, 4.69) is 4.90 Å². The molecule has 0 aliphatic carbocycles. The summed E-state index contributed by atoms with van der Waals surface area (Å²) in [6.45, 7) is 6.55. The predicted octanol–water partition coefficient (Wildman–Crippen LogP) is 2.27. The molecule has 1 aromatic rings. The number of aryl methyl sites for hydroxylation is 1. The Kier molecular flexibility index (Phi) is 4.72. The highest BCUT2D eigenvalue weighted by Crippen LogP contribution is 2.20. The molecule has 1 aliphatic heterocycles. The smallest absolute Gasteiger partial charge is 0.164 e. The lowest BCUT2D eigenvalue weighted by Gasteiger charge is -2.17. The van der Waals surface area contributed by atoms with Gasteiger partial charge in [-0.25, -0.2) is 0 Å². The molecule has 2 atom stereocenters. The van der Waals surface area contributed by atoms with Crippen LogP contribution in [0.2, 0.25) is 0 Å². The van der Waals surface area contributed by atoms with Crippen LogP contribution in [-0.4, -0.2) is 41.5 Å². The van der Waals surface area contributed by atoms with Crippen LogP contribution in [-0.2, 0) is 0 Å². The van der Waals surface area contributed by atoms with Crippen molar-refractivity contribution in [3.63, 3.8) is 0 Å². The van der Waals surface area contributed by atoms with Crippen LogP contribution < -0.4 is 0 Å². The van der Waals surface area contributed by atoms with Crippen molar-refractivity contribution in [2.75, 3.05) is 19.6 Å². The van der Waals surface area contributed by atoms with Gasteiger partial charge in [0.2, 0.25) is 0 Å². The molecule has 1 N–H and O–H groups in total. The molecule has 1 saturated heterocycles. The van der Waals surface area contributed by atoms with Gasteiger partial charge in [-0.05, 0) is 38.3 Å². The largest absolute Gasteiger partial charge is 0.393 e. The Morgan fingerprint density at radius 1 is 1.47 bits per heavy atom. The summed E-state index contributed by atoms with van der Waals surface area (Å²) < 4.78 is 0. The Morgan fingerprint density at radius 3 is 2.84 bits per heavy atom. The fraction of sp³-hybridized carbons (Fsp3) is 0.562. The molecule has 2 unspecified atom stereocenters. The first-order valence-corrected chi connectivity index (χ1v) is 7.07. The fourth-order valence-electron chi connectivity index (χ4n) is 2.74. The molecular weight excluding hydrogens is 238 g/mol. The molecular formula is C16H23NO2. The first kappa shape index (κ1) is 14.2. The maximum absolute atomic E-state index is 12.2. The summed E-state index contributed by atoms with van der Waals surface area (Å²) >= 11 is 0. The molecule has 1 fully saturated rings. The maximum Gasteiger partial charge on any atom is 0.164 e. The van der Waals surface area contributed by atoms with Gasteiger partial charge in [-0.1, -0.05) is 24.3 Å². The summed E-state index contributed by atoms with van der Waals surface area (Å²) in [5.74, 6) is 0.590. The van der Waals surface area contributed by atoms with Crippen molar-refractivity contribution in [2.24, 2.45) is 5.92 Å². The van der Waals surface area contributed by atoms with Crippen LogP contribution in [0.3, 0.4) is 0 Å². The zero-order valence-electron chi connectivity index (χ0n) is 11.8. The second kappa shape index (κ2) is 6.31. The minimum absolute atomic E-state index is 0.221. The van der Waals surface area contributed by atoms with E-state index in [9.17, 15) is 9.90 Å². The molecule has 1 heterocycles.